The van der Waals surface area contributed by atoms with Crippen LogP contribution in [0.15, 0.2) is 18.2 Å². The van der Waals surface area contributed by atoms with Crippen molar-refractivity contribution in [2.75, 3.05) is 6.61 Å². The highest BCUT2D eigenvalue weighted by atomic mass is 19.1. The molecule has 0 atom stereocenters. The average molecular weight is 267 g/mol. The van der Waals surface area contributed by atoms with E-state index >= 15 is 0 Å². The Morgan fingerprint density at radius 2 is 1.79 bits per heavy atom. The number of halogens is 2. The second-order valence-corrected chi connectivity index (χ2v) is 5.93. The number of aliphatic hydroxyl groups excluding tert-OH is 1. The highest BCUT2D eigenvalue weighted by molar-refractivity contribution is 5.86. The van der Waals surface area contributed by atoms with Gasteiger partial charge in [0.15, 0.2) is 0 Å². The second-order valence-electron chi connectivity index (χ2n) is 5.93. The lowest BCUT2D eigenvalue weighted by atomic mass is 9.35. The van der Waals surface area contributed by atoms with Crippen LogP contribution >= 0.6 is 0 Å². The number of hydrogen-bond acceptors (Lipinski definition) is 2. The molecule has 0 radical (unpaired) electrons. The largest absolute Gasteiger partial charge is 0.396 e. The van der Waals surface area contributed by atoms with Gasteiger partial charge in [-0.1, -0.05) is 0 Å². The molecule has 0 heterocycles. The Hall–Kier alpha value is -1.49. The number of benzene rings is 1. The van der Waals surface area contributed by atoms with E-state index in [-0.39, 0.29) is 29.9 Å². The molecule has 3 nitrogen and oxygen atoms in total. The third-order valence-electron chi connectivity index (χ3n) is 4.33. The van der Waals surface area contributed by atoms with Gasteiger partial charge in [0.2, 0.25) is 5.91 Å². The van der Waals surface area contributed by atoms with Crippen LogP contribution < -0.4 is 5.32 Å². The number of aliphatic hydroxyl groups is 1. The lowest BCUT2D eigenvalue weighted by molar-refractivity contribution is -0.220. The molecule has 19 heavy (non-hydrogen) atoms. The Labute approximate surface area is 109 Å². The third-order valence-corrected chi connectivity index (χ3v) is 4.33. The van der Waals surface area contributed by atoms with Crippen LogP contribution in [0.2, 0.25) is 0 Å². The van der Waals surface area contributed by atoms with Gasteiger partial charge in [-0.3, -0.25) is 4.79 Å². The monoisotopic (exact) mass is 267 g/mol. The summed E-state index contributed by atoms with van der Waals surface area (Å²) in [6.45, 7) is 0.262. The van der Waals surface area contributed by atoms with Crippen LogP contribution in [0, 0.1) is 22.5 Å². The van der Waals surface area contributed by atoms with E-state index < -0.39 is 11.6 Å². The van der Waals surface area contributed by atoms with Crippen molar-refractivity contribution in [2.24, 2.45) is 10.8 Å². The van der Waals surface area contributed by atoms with Gasteiger partial charge in [-0.15, -0.1) is 0 Å². The molecule has 0 aliphatic heterocycles. The van der Waals surface area contributed by atoms with Crippen molar-refractivity contribution >= 4 is 5.91 Å². The Morgan fingerprint density at radius 1 is 1.21 bits per heavy atom. The zero-order valence-electron chi connectivity index (χ0n) is 10.4. The molecule has 1 aromatic rings. The molecule has 3 aliphatic carbocycles. The van der Waals surface area contributed by atoms with Gasteiger partial charge in [-0.25, -0.2) is 8.78 Å². The van der Waals surface area contributed by atoms with Crippen molar-refractivity contribution in [3.05, 3.63) is 35.4 Å². The minimum absolute atomic E-state index is 0.0255. The maximum absolute atomic E-state index is 13.0. The molecule has 3 aliphatic rings. The molecular formula is C14H15F2NO2. The van der Waals surface area contributed by atoms with E-state index in [2.05, 4.69) is 5.32 Å². The number of nitrogens with one attached hydrogen (secondary N) is 1. The Kier molecular flexibility index (Phi) is 2.64. The van der Waals surface area contributed by atoms with Crippen molar-refractivity contribution in [3.63, 3.8) is 0 Å². The van der Waals surface area contributed by atoms with Gasteiger partial charge < -0.3 is 10.4 Å². The van der Waals surface area contributed by atoms with Gasteiger partial charge in [0, 0.05) is 19.2 Å². The highest BCUT2D eigenvalue weighted by Crippen LogP contribution is 2.73. The lowest BCUT2D eigenvalue weighted by Gasteiger charge is -2.68. The summed E-state index contributed by atoms with van der Waals surface area (Å²) in [5, 5.41) is 11.9. The Bertz CT molecular complexity index is 504. The smallest absolute Gasteiger partial charge is 0.226 e. The molecule has 0 spiro atoms. The van der Waals surface area contributed by atoms with E-state index in [1.54, 1.807) is 0 Å². The van der Waals surface area contributed by atoms with Gasteiger partial charge in [-0.2, -0.15) is 0 Å². The van der Waals surface area contributed by atoms with E-state index in [1.165, 1.54) is 12.1 Å². The fourth-order valence-electron chi connectivity index (χ4n) is 3.49. The van der Waals surface area contributed by atoms with Crippen molar-refractivity contribution in [1.29, 1.82) is 0 Å². The first-order valence-corrected chi connectivity index (χ1v) is 6.31. The zero-order valence-corrected chi connectivity index (χ0v) is 10.4. The van der Waals surface area contributed by atoms with Crippen molar-refractivity contribution in [1.82, 2.24) is 5.32 Å². The molecule has 2 N–H and O–H groups in total. The molecule has 0 unspecified atom stereocenters. The second kappa shape index (κ2) is 4.00. The first kappa shape index (κ1) is 12.5. The van der Waals surface area contributed by atoms with Crippen molar-refractivity contribution in [3.8, 4) is 0 Å². The van der Waals surface area contributed by atoms with E-state index in [4.69, 9.17) is 5.11 Å². The molecular weight excluding hydrogens is 252 g/mol. The average Bonchev–Trinajstić information content (AvgIpc) is 2.22. The van der Waals surface area contributed by atoms with Crippen molar-refractivity contribution < 1.29 is 18.7 Å². The van der Waals surface area contributed by atoms with E-state index in [0.29, 0.717) is 5.56 Å². The minimum atomic E-state index is -0.644. The van der Waals surface area contributed by atoms with Gasteiger partial charge in [0.25, 0.3) is 0 Å². The van der Waals surface area contributed by atoms with E-state index in [9.17, 15) is 13.6 Å². The van der Waals surface area contributed by atoms with Crippen LogP contribution in [0.4, 0.5) is 8.78 Å². The van der Waals surface area contributed by atoms with Crippen LogP contribution in [0.5, 0.6) is 0 Å². The lowest BCUT2D eigenvalue weighted by Crippen LogP contribution is -2.68. The molecule has 102 valence electrons. The fraction of sp³-hybridized carbons (Fsp3) is 0.500. The van der Waals surface area contributed by atoms with E-state index in [1.807, 2.05) is 0 Å². The van der Waals surface area contributed by atoms with Gasteiger partial charge in [-0.05, 0) is 42.4 Å². The van der Waals surface area contributed by atoms with Crippen molar-refractivity contribution in [2.45, 2.75) is 25.8 Å². The molecule has 1 amide bonds. The van der Waals surface area contributed by atoms with Gasteiger partial charge >= 0.3 is 0 Å². The number of carbonyl (C=O) groups excluding carboxylic acids is 1. The minimum Gasteiger partial charge on any atom is -0.396 e. The van der Waals surface area contributed by atoms with Crippen LogP contribution in [0.1, 0.15) is 24.8 Å². The normalized spacial score (nSPS) is 31.3. The van der Waals surface area contributed by atoms with Crippen LogP contribution in [0.3, 0.4) is 0 Å². The SMILES string of the molecule is O=C(NCc1cc(F)cc(F)c1)C12CC(CO)(C1)C2. The first-order valence-electron chi connectivity index (χ1n) is 6.31. The zero-order chi connectivity index (χ0) is 13.7. The topological polar surface area (TPSA) is 49.3 Å². The molecule has 5 heteroatoms. The maximum atomic E-state index is 13.0. The molecule has 1 aromatic carbocycles. The summed E-state index contributed by atoms with van der Waals surface area (Å²) in [5.74, 6) is -1.37. The Morgan fingerprint density at radius 3 is 2.32 bits per heavy atom. The molecule has 4 rings (SSSR count). The number of amides is 1. The summed E-state index contributed by atoms with van der Waals surface area (Å²) in [7, 11) is 0. The van der Waals surface area contributed by atoms with Gasteiger partial charge in [0.1, 0.15) is 11.6 Å². The standard InChI is InChI=1S/C14H15F2NO2/c15-10-1-9(2-11(16)3-10)4-17-12(19)14-5-13(6-14,7-14)8-18/h1-3,18H,4-8H2,(H,17,19). The van der Waals surface area contributed by atoms with E-state index in [0.717, 1.165) is 25.3 Å². The highest BCUT2D eigenvalue weighted by Gasteiger charge is 2.70. The summed E-state index contributed by atoms with van der Waals surface area (Å²) in [6, 6.07) is 3.22. The van der Waals surface area contributed by atoms with Crippen LogP contribution in [0.25, 0.3) is 0 Å². The molecule has 3 fully saturated rings. The molecule has 3 saturated carbocycles. The number of rotatable bonds is 4. The van der Waals surface area contributed by atoms with Crippen LogP contribution in [-0.2, 0) is 11.3 Å². The third kappa shape index (κ3) is 1.92. The summed E-state index contributed by atoms with van der Waals surface area (Å²) in [5.41, 5.74) is 0.0472. The number of carbonyl (C=O) groups is 1. The predicted molar refractivity (Wildman–Crippen MR) is 64.0 cm³/mol. The first-order chi connectivity index (χ1) is 8.97. The van der Waals surface area contributed by atoms with Gasteiger partial charge in [0.05, 0.1) is 5.41 Å². The Balaban J connectivity index is 1.57. The van der Waals surface area contributed by atoms with Crippen LogP contribution in [-0.4, -0.2) is 17.6 Å². The summed E-state index contributed by atoms with van der Waals surface area (Å²) >= 11 is 0. The molecule has 2 bridgehead atoms. The molecule has 0 aromatic heterocycles. The number of hydrogen-bond donors (Lipinski definition) is 2. The predicted octanol–water partition coefficient (Wildman–Crippen LogP) is 1.74. The molecule has 0 saturated heterocycles. The summed E-state index contributed by atoms with van der Waals surface area (Å²) in [4.78, 5) is 12.0. The maximum Gasteiger partial charge on any atom is 0.226 e. The summed E-state index contributed by atoms with van der Waals surface area (Å²) in [6.07, 6.45) is 2.17. The quantitative estimate of drug-likeness (QED) is 0.873. The summed E-state index contributed by atoms with van der Waals surface area (Å²) < 4.78 is 26.0. The fourth-order valence-corrected chi connectivity index (χ4v) is 3.49.